The van der Waals surface area contributed by atoms with Gasteiger partial charge in [0.05, 0.1) is 4.92 Å². The van der Waals surface area contributed by atoms with Crippen LogP contribution in [0.5, 0.6) is 0 Å². The van der Waals surface area contributed by atoms with E-state index in [1.54, 1.807) is 32.9 Å². The second-order valence-corrected chi connectivity index (χ2v) is 7.22. The van der Waals surface area contributed by atoms with Crippen LogP contribution in [0.3, 0.4) is 0 Å². The van der Waals surface area contributed by atoms with Crippen molar-refractivity contribution in [1.29, 1.82) is 0 Å². The number of hydrogen-bond donors (Lipinski definition) is 1. The number of carbonyl (C=O) groups excluding carboxylic acids is 1. The van der Waals surface area contributed by atoms with Gasteiger partial charge in [0.25, 0.3) is 5.69 Å². The van der Waals surface area contributed by atoms with E-state index < -0.39 is 28.6 Å². The Hall–Kier alpha value is -2.64. The third-order valence-electron chi connectivity index (χ3n) is 3.97. The van der Waals surface area contributed by atoms with Gasteiger partial charge in [0.1, 0.15) is 11.6 Å². The van der Waals surface area contributed by atoms with Gasteiger partial charge >= 0.3 is 12.1 Å². The summed E-state index contributed by atoms with van der Waals surface area (Å²) >= 11 is 0. The first-order chi connectivity index (χ1) is 11.6. The highest BCUT2D eigenvalue weighted by Gasteiger charge is 2.41. The standard InChI is InChI=1S/C17H22N2O6/c1-17(2,3)25-16(22)18-10-12(9-14(18)15(20)21)8-11-4-6-13(7-5-11)19(23)24/h4-7,12,14H,8-10H2,1-3H3,(H,20,21). The number of nitrogens with zero attached hydrogens (tertiary/aromatic N) is 2. The molecule has 2 unspecified atom stereocenters. The Bertz CT molecular complexity index is 665. The fraction of sp³-hybridized carbons (Fsp3) is 0.529. The maximum absolute atomic E-state index is 12.3. The number of carboxylic acid groups (broad SMARTS) is 1. The van der Waals surface area contributed by atoms with Crippen molar-refractivity contribution in [3.63, 3.8) is 0 Å². The van der Waals surface area contributed by atoms with Gasteiger partial charge in [0.15, 0.2) is 0 Å². The third-order valence-corrected chi connectivity index (χ3v) is 3.97. The topological polar surface area (TPSA) is 110 Å². The molecule has 0 bridgehead atoms. The summed E-state index contributed by atoms with van der Waals surface area (Å²) in [6.07, 6.45) is 0.234. The molecule has 0 saturated carbocycles. The second kappa shape index (κ2) is 7.08. The summed E-state index contributed by atoms with van der Waals surface area (Å²) < 4.78 is 5.29. The van der Waals surface area contributed by atoms with E-state index in [1.165, 1.54) is 17.0 Å². The minimum Gasteiger partial charge on any atom is -0.480 e. The van der Waals surface area contributed by atoms with E-state index in [-0.39, 0.29) is 18.2 Å². The molecule has 1 heterocycles. The van der Waals surface area contributed by atoms with Crippen LogP contribution >= 0.6 is 0 Å². The van der Waals surface area contributed by atoms with Crippen molar-refractivity contribution in [2.45, 2.75) is 45.3 Å². The van der Waals surface area contributed by atoms with Crippen LogP contribution in [0.1, 0.15) is 32.8 Å². The number of likely N-dealkylation sites (tertiary alicyclic amines) is 1. The third kappa shape index (κ3) is 4.91. The van der Waals surface area contributed by atoms with Crippen molar-refractivity contribution in [3.05, 3.63) is 39.9 Å². The molecule has 1 N–H and O–H groups in total. The zero-order chi connectivity index (χ0) is 18.8. The molecular weight excluding hydrogens is 328 g/mol. The Morgan fingerprint density at radius 2 is 1.92 bits per heavy atom. The van der Waals surface area contributed by atoms with Gasteiger partial charge in [-0.2, -0.15) is 0 Å². The van der Waals surface area contributed by atoms with Gasteiger partial charge in [-0.3, -0.25) is 15.0 Å². The molecule has 136 valence electrons. The van der Waals surface area contributed by atoms with Gasteiger partial charge < -0.3 is 9.84 Å². The van der Waals surface area contributed by atoms with E-state index in [1.807, 2.05) is 0 Å². The van der Waals surface area contributed by atoms with E-state index in [4.69, 9.17) is 4.74 Å². The number of amides is 1. The maximum atomic E-state index is 12.3. The molecule has 0 radical (unpaired) electrons. The molecule has 2 rings (SSSR count). The van der Waals surface area contributed by atoms with Crippen LogP contribution in [0, 0.1) is 16.0 Å². The summed E-state index contributed by atoms with van der Waals surface area (Å²) in [6, 6.07) is 5.24. The summed E-state index contributed by atoms with van der Waals surface area (Å²) in [5.74, 6) is -1.10. The van der Waals surface area contributed by atoms with Crippen LogP contribution < -0.4 is 0 Å². The molecule has 1 aromatic carbocycles. The van der Waals surface area contributed by atoms with E-state index in [0.717, 1.165) is 5.56 Å². The highest BCUT2D eigenvalue weighted by Crippen LogP contribution is 2.28. The van der Waals surface area contributed by atoms with Crippen molar-refractivity contribution < 1.29 is 24.4 Å². The average Bonchev–Trinajstić information content (AvgIpc) is 2.90. The highest BCUT2D eigenvalue weighted by molar-refractivity contribution is 5.81. The predicted octanol–water partition coefficient (Wildman–Crippen LogP) is 2.85. The zero-order valence-electron chi connectivity index (χ0n) is 14.5. The maximum Gasteiger partial charge on any atom is 0.411 e. The average molecular weight is 350 g/mol. The molecule has 1 saturated heterocycles. The molecule has 2 atom stereocenters. The molecule has 0 aliphatic carbocycles. The zero-order valence-corrected chi connectivity index (χ0v) is 14.5. The van der Waals surface area contributed by atoms with Crippen LogP contribution in [0.2, 0.25) is 0 Å². The summed E-state index contributed by atoms with van der Waals surface area (Å²) in [4.78, 5) is 35.2. The number of hydrogen-bond acceptors (Lipinski definition) is 5. The summed E-state index contributed by atoms with van der Waals surface area (Å²) in [5.41, 5.74) is 0.177. The molecule has 25 heavy (non-hydrogen) atoms. The lowest BCUT2D eigenvalue weighted by molar-refractivity contribution is -0.384. The minimum atomic E-state index is -1.06. The fourth-order valence-electron chi connectivity index (χ4n) is 2.91. The smallest absolute Gasteiger partial charge is 0.411 e. The van der Waals surface area contributed by atoms with Gasteiger partial charge in [-0.25, -0.2) is 9.59 Å². The first-order valence-electron chi connectivity index (χ1n) is 8.02. The van der Waals surface area contributed by atoms with E-state index in [2.05, 4.69) is 0 Å². The normalized spacial score (nSPS) is 20.4. The Morgan fingerprint density at radius 1 is 1.32 bits per heavy atom. The molecular formula is C17H22N2O6. The molecule has 1 aliphatic rings. The summed E-state index contributed by atoms with van der Waals surface area (Å²) in [6.45, 7) is 5.46. The minimum absolute atomic E-state index is 0.00830. The number of benzene rings is 1. The van der Waals surface area contributed by atoms with Gasteiger partial charge in [0, 0.05) is 18.7 Å². The van der Waals surface area contributed by atoms with Gasteiger partial charge in [-0.05, 0) is 45.1 Å². The summed E-state index contributed by atoms with van der Waals surface area (Å²) in [5, 5.41) is 20.1. The van der Waals surface area contributed by atoms with Crippen molar-refractivity contribution >= 4 is 17.7 Å². The first-order valence-corrected chi connectivity index (χ1v) is 8.02. The van der Waals surface area contributed by atoms with Crippen LogP contribution in [-0.4, -0.2) is 45.2 Å². The van der Waals surface area contributed by atoms with Gasteiger partial charge in [-0.15, -0.1) is 0 Å². The number of nitro benzene ring substituents is 1. The quantitative estimate of drug-likeness (QED) is 0.660. The molecule has 0 aromatic heterocycles. The Balaban J connectivity index is 2.07. The lowest BCUT2D eigenvalue weighted by Crippen LogP contribution is -2.43. The Labute approximate surface area is 145 Å². The second-order valence-electron chi connectivity index (χ2n) is 7.22. The van der Waals surface area contributed by atoms with Gasteiger partial charge in [-0.1, -0.05) is 12.1 Å². The van der Waals surface area contributed by atoms with E-state index in [0.29, 0.717) is 12.8 Å². The van der Waals surface area contributed by atoms with Crippen LogP contribution in [-0.2, 0) is 16.0 Å². The number of nitro groups is 1. The highest BCUT2D eigenvalue weighted by atomic mass is 16.6. The van der Waals surface area contributed by atoms with E-state index >= 15 is 0 Å². The first kappa shape index (κ1) is 18.7. The number of carbonyl (C=O) groups is 2. The van der Waals surface area contributed by atoms with Crippen molar-refractivity contribution in [2.24, 2.45) is 5.92 Å². The Kier molecular flexibility index (Phi) is 5.30. The summed E-state index contributed by atoms with van der Waals surface area (Å²) in [7, 11) is 0. The monoisotopic (exact) mass is 350 g/mol. The molecule has 8 heteroatoms. The number of carboxylic acids is 1. The number of ether oxygens (including phenoxy) is 1. The SMILES string of the molecule is CC(C)(C)OC(=O)N1CC(Cc2ccc([N+](=O)[O-])cc2)CC1C(=O)O. The lowest BCUT2D eigenvalue weighted by Gasteiger charge is -2.26. The number of aliphatic carboxylic acids is 1. The largest absolute Gasteiger partial charge is 0.480 e. The van der Waals surface area contributed by atoms with E-state index in [9.17, 15) is 24.8 Å². The molecule has 8 nitrogen and oxygen atoms in total. The molecule has 0 spiro atoms. The van der Waals surface area contributed by atoms with Crippen molar-refractivity contribution in [3.8, 4) is 0 Å². The number of non-ortho nitro benzene ring substituents is 1. The fourth-order valence-corrected chi connectivity index (χ4v) is 2.91. The van der Waals surface area contributed by atoms with Crippen LogP contribution in [0.25, 0.3) is 0 Å². The van der Waals surface area contributed by atoms with Crippen molar-refractivity contribution in [2.75, 3.05) is 6.54 Å². The molecule has 1 aliphatic heterocycles. The Morgan fingerprint density at radius 3 is 2.40 bits per heavy atom. The van der Waals surface area contributed by atoms with Crippen LogP contribution in [0.15, 0.2) is 24.3 Å². The number of rotatable bonds is 4. The van der Waals surface area contributed by atoms with Crippen LogP contribution in [0.4, 0.5) is 10.5 Å². The van der Waals surface area contributed by atoms with Crippen molar-refractivity contribution in [1.82, 2.24) is 4.90 Å². The van der Waals surface area contributed by atoms with Gasteiger partial charge in [0.2, 0.25) is 0 Å². The predicted molar refractivity (Wildman–Crippen MR) is 89.3 cm³/mol. The molecule has 1 aromatic rings. The molecule has 1 amide bonds. The molecule has 1 fully saturated rings. The lowest BCUT2D eigenvalue weighted by atomic mass is 9.96.